The van der Waals surface area contributed by atoms with Gasteiger partial charge in [0.05, 0.1) is 5.92 Å². The molecule has 1 saturated heterocycles. The number of pyridine rings is 1. The summed E-state index contributed by atoms with van der Waals surface area (Å²) < 4.78 is 0. The summed E-state index contributed by atoms with van der Waals surface area (Å²) in [4.78, 5) is 17.8. The summed E-state index contributed by atoms with van der Waals surface area (Å²) in [6, 6.07) is 3.94. The number of primary amides is 1. The number of carbonyl (C=O) groups is 1. The Morgan fingerprint density at radius 1 is 1.56 bits per heavy atom. The van der Waals surface area contributed by atoms with Crippen molar-refractivity contribution in [3.63, 3.8) is 0 Å². The molecule has 1 aromatic rings. The molecule has 2 rings (SSSR count). The predicted octanol–water partition coefficient (Wildman–Crippen LogP) is 0.803. The van der Waals surface area contributed by atoms with Crippen LogP contribution in [0.1, 0.15) is 31.4 Å². The van der Waals surface area contributed by atoms with E-state index < -0.39 is 0 Å². The largest absolute Gasteiger partial charge is 0.369 e. The lowest BCUT2D eigenvalue weighted by Gasteiger charge is -2.32. The van der Waals surface area contributed by atoms with Gasteiger partial charge in [0.15, 0.2) is 0 Å². The highest BCUT2D eigenvalue weighted by Crippen LogP contribution is 2.22. The van der Waals surface area contributed by atoms with E-state index in [1.807, 2.05) is 19.1 Å². The molecular weight excluding hydrogens is 228 g/mol. The third-order valence-electron chi connectivity index (χ3n) is 3.44. The number of amides is 1. The van der Waals surface area contributed by atoms with E-state index in [1.165, 1.54) is 0 Å². The van der Waals surface area contributed by atoms with Gasteiger partial charge in [-0.15, -0.1) is 0 Å². The number of rotatable bonds is 3. The Balaban J connectivity index is 2.09. The van der Waals surface area contributed by atoms with Crippen LogP contribution in [0.2, 0.25) is 0 Å². The summed E-state index contributed by atoms with van der Waals surface area (Å²) in [6.07, 6.45) is 3.65. The highest BCUT2D eigenvalue weighted by atomic mass is 16.1. The first-order chi connectivity index (χ1) is 8.58. The molecule has 1 aliphatic heterocycles. The predicted molar refractivity (Wildman–Crippen MR) is 71.0 cm³/mol. The Bertz CT molecular complexity index is 416. The van der Waals surface area contributed by atoms with Crippen LogP contribution < -0.4 is 16.4 Å². The molecule has 5 heteroatoms. The van der Waals surface area contributed by atoms with Gasteiger partial charge in [-0.2, -0.15) is 0 Å². The Morgan fingerprint density at radius 3 is 2.89 bits per heavy atom. The number of carbonyl (C=O) groups excluding carboxylic acids is 1. The molecule has 0 saturated carbocycles. The zero-order valence-electron chi connectivity index (χ0n) is 10.7. The summed E-state index contributed by atoms with van der Waals surface area (Å²) in [5.74, 6) is 0.617. The molecule has 1 aliphatic rings. The molecule has 0 spiro atoms. The van der Waals surface area contributed by atoms with Crippen molar-refractivity contribution in [2.75, 3.05) is 18.0 Å². The number of hydrogen-bond acceptors (Lipinski definition) is 4. The smallest absolute Gasteiger partial charge is 0.222 e. The van der Waals surface area contributed by atoms with E-state index in [4.69, 9.17) is 11.5 Å². The number of piperidine rings is 1. The van der Waals surface area contributed by atoms with Gasteiger partial charge >= 0.3 is 0 Å². The van der Waals surface area contributed by atoms with Crippen molar-refractivity contribution in [2.45, 2.75) is 25.8 Å². The third kappa shape index (κ3) is 2.79. The number of nitrogens with two attached hydrogens (primary N) is 2. The molecule has 0 radical (unpaired) electrons. The van der Waals surface area contributed by atoms with Gasteiger partial charge < -0.3 is 16.4 Å². The Kier molecular flexibility index (Phi) is 3.81. The molecule has 98 valence electrons. The van der Waals surface area contributed by atoms with Crippen molar-refractivity contribution in [3.8, 4) is 0 Å². The first kappa shape index (κ1) is 12.8. The molecule has 1 fully saturated rings. The second-order valence-corrected chi connectivity index (χ2v) is 4.93. The average molecular weight is 248 g/mol. The minimum absolute atomic E-state index is 0.00808. The minimum Gasteiger partial charge on any atom is -0.369 e. The van der Waals surface area contributed by atoms with E-state index in [0.29, 0.717) is 6.54 Å². The maximum atomic E-state index is 11.2. The van der Waals surface area contributed by atoms with Gasteiger partial charge in [0.1, 0.15) is 5.82 Å². The fourth-order valence-corrected chi connectivity index (χ4v) is 2.27. The van der Waals surface area contributed by atoms with E-state index in [0.717, 1.165) is 30.8 Å². The average Bonchev–Trinajstić information content (AvgIpc) is 2.39. The van der Waals surface area contributed by atoms with Gasteiger partial charge in [-0.3, -0.25) is 4.79 Å². The summed E-state index contributed by atoms with van der Waals surface area (Å²) in [5, 5.41) is 0. The molecule has 1 unspecified atom stereocenters. The van der Waals surface area contributed by atoms with Gasteiger partial charge in [-0.25, -0.2) is 4.98 Å². The maximum absolute atomic E-state index is 11.2. The van der Waals surface area contributed by atoms with Gasteiger partial charge in [0.2, 0.25) is 5.91 Å². The van der Waals surface area contributed by atoms with E-state index in [9.17, 15) is 4.79 Å². The van der Waals surface area contributed by atoms with Crippen LogP contribution >= 0.6 is 0 Å². The van der Waals surface area contributed by atoms with Crippen molar-refractivity contribution in [1.82, 2.24) is 4.98 Å². The first-order valence-electron chi connectivity index (χ1n) is 6.33. The fourth-order valence-electron chi connectivity index (χ4n) is 2.27. The second-order valence-electron chi connectivity index (χ2n) is 4.93. The van der Waals surface area contributed by atoms with Crippen LogP contribution in [0.3, 0.4) is 0 Å². The standard InChI is InChI=1S/C13H20N4O/c1-9(14)10-4-5-12(16-7-10)17-6-2-3-11(8-17)13(15)18/h4-5,7,9,11H,2-3,6,8,14H2,1H3,(H2,15,18)/t9-,11?/m1/s1. The Morgan fingerprint density at radius 2 is 2.33 bits per heavy atom. The van der Waals surface area contributed by atoms with Crippen molar-refractivity contribution >= 4 is 11.7 Å². The van der Waals surface area contributed by atoms with Crippen molar-refractivity contribution in [3.05, 3.63) is 23.9 Å². The molecule has 2 atom stereocenters. The molecule has 0 aliphatic carbocycles. The third-order valence-corrected chi connectivity index (χ3v) is 3.44. The lowest BCUT2D eigenvalue weighted by atomic mass is 9.97. The van der Waals surface area contributed by atoms with E-state index >= 15 is 0 Å². The van der Waals surface area contributed by atoms with Crippen LogP contribution in [0.5, 0.6) is 0 Å². The normalized spacial score (nSPS) is 21.7. The topological polar surface area (TPSA) is 85.2 Å². The number of aromatic nitrogens is 1. The first-order valence-corrected chi connectivity index (χ1v) is 6.33. The highest BCUT2D eigenvalue weighted by Gasteiger charge is 2.24. The Hall–Kier alpha value is -1.62. The molecule has 1 amide bonds. The van der Waals surface area contributed by atoms with Crippen molar-refractivity contribution < 1.29 is 4.79 Å². The SMILES string of the molecule is C[C@@H](N)c1ccc(N2CCCC(C(N)=O)C2)nc1. The van der Waals surface area contributed by atoms with E-state index in [2.05, 4.69) is 9.88 Å². The van der Waals surface area contributed by atoms with Crippen molar-refractivity contribution in [2.24, 2.45) is 17.4 Å². The number of nitrogens with zero attached hydrogens (tertiary/aromatic N) is 2. The van der Waals surface area contributed by atoms with Crippen LogP contribution in [0.15, 0.2) is 18.3 Å². The summed E-state index contributed by atoms with van der Waals surface area (Å²) in [6.45, 7) is 3.52. The summed E-state index contributed by atoms with van der Waals surface area (Å²) >= 11 is 0. The number of hydrogen-bond donors (Lipinski definition) is 2. The van der Waals surface area contributed by atoms with Gasteiger partial charge in [-0.05, 0) is 31.4 Å². The quantitative estimate of drug-likeness (QED) is 0.828. The van der Waals surface area contributed by atoms with Crippen molar-refractivity contribution in [1.29, 1.82) is 0 Å². The molecule has 4 N–H and O–H groups in total. The zero-order valence-corrected chi connectivity index (χ0v) is 10.7. The van der Waals surface area contributed by atoms with E-state index in [1.54, 1.807) is 6.20 Å². The van der Waals surface area contributed by atoms with Crippen LogP contribution in [0.4, 0.5) is 5.82 Å². The van der Waals surface area contributed by atoms with Crippen LogP contribution in [0, 0.1) is 5.92 Å². The zero-order chi connectivity index (χ0) is 13.1. The van der Waals surface area contributed by atoms with Gasteiger partial charge in [0.25, 0.3) is 0 Å². The Labute approximate surface area is 107 Å². The van der Waals surface area contributed by atoms with Gasteiger partial charge in [0, 0.05) is 25.3 Å². The van der Waals surface area contributed by atoms with E-state index in [-0.39, 0.29) is 17.9 Å². The summed E-state index contributed by atoms with van der Waals surface area (Å²) in [5.41, 5.74) is 12.2. The molecule has 5 nitrogen and oxygen atoms in total. The molecule has 2 heterocycles. The monoisotopic (exact) mass is 248 g/mol. The molecular formula is C13H20N4O. The molecule has 0 bridgehead atoms. The number of anilines is 1. The lowest BCUT2D eigenvalue weighted by molar-refractivity contribution is -0.122. The van der Waals surface area contributed by atoms with Crippen LogP contribution in [0.25, 0.3) is 0 Å². The lowest BCUT2D eigenvalue weighted by Crippen LogP contribution is -2.41. The van der Waals surface area contributed by atoms with Crippen LogP contribution in [-0.4, -0.2) is 24.0 Å². The molecule has 1 aromatic heterocycles. The second kappa shape index (κ2) is 5.35. The van der Waals surface area contributed by atoms with Crippen LogP contribution in [-0.2, 0) is 4.79 Å². The molecule has 0 aromatic carbocycles. The fraction of sp³-hybridized carbons (Fsp3) is 0.538. The highest BCUT2D eigenvalue weighted by molar-refractivity contribution is 5.77. The molecule has 18 heavy (non-hydrogen) atoms. The summed E-state index contributed by atoms with van der Waals surface area (Å²) in [7, 11) is 0. The van der Waals surface area contributed by atoms with Gasteiger partial charge in [-0.1, -0.05) is 6.07 Å². The minimum atomic E-state index is -0.216. The maximum Gasteiger partial charge on any atom is 0.222 e.